The molecule has 0 unspecified atom stereocenters. The van der Waals surface area contributed by atoms with Crippen LogP contribution in [0.15, 0.2) is 21.5 Å². The topological polar surface area (TPSA) is 22.0 Å². The van der Waals surface area contributed by atoms with E-state index in [9.17, 15) is 4.79 Å². The molecule has 15 heavy (non-hydrogen) atoms. The molecule has 2 nitrogen and oxygen atoms in total. The lowest BCUT2D eigenvalue weighted by atomic mass is 10.0. The number of nitrogens with zero attached hydrogens (tertiary/aromatic N) is 1. The molecule has 3 heteroatoms. The molecule has 84 valence electrons. The summed E-state index contributed by atoms with van der Waals surface area (Å²) in [7, 11) is 0. The average Bonchev–Trinajstić information content (AvgIpc) is 2.21. The number of hydrogen-bond donors (Lipinski definition) is 0. The molecule has 1 aromatic rings. The van der Waals surface area contributed by atoms with Crippen LogP contribution >= 0.6 is 15.9 Å². The number of aromatic nitrogens is 1. The molecular formula is C12H18BrNO. The van der Waals surface area contributed by atoms with Crippen LogP contribution in [0.3, 0.4) is 0 Å². The first-order valence-corrected chi connectivity index (χ1v) is 6.24. The monoisotopic (exact) mass is 271 g/mol. The normalized spacial score (nSPS) is 11.0. The van der Waals surface area contributed by atoms with Gasteiger partial charge in [0.15, 0.2) is 0 Å². The van der Waals surface area contributed by atoms with Crippen molar-refractivity contribution < 1.29 is 0 Å². The highest BCUT2D eigenvalue weighted by Crippen LogP contribution is 2.13. The van der Waals surface area contributed by atoms with Crippen molar-refractivity contribution in [1.29, 1.82) is 0 Å². The summed E-state index contributed by atoms with van der Waals surface area (Å²) in [5.74, 6) is 0.594. The molecule has 1 rings (SSSR count). The number of halogens is 1. The van der Waals surface area contributed by atoms with Crippen LogP contribution < -0.4 is 5.56 Å². The zero-order chi connectivity index (χ0) is 11.4. The van der Waals surface area contributed by atoms with Gasteiger partial charge in [-0.05, 0) is 34.8 Å². The van der Waals surface area contributed by atoms with E-state index in [1.54, 1.807) is 0 Å². The maximum atomic E-state index is 11.8. The van der Waals surface area contributed by atoms with Crippen LogP contribution in [0, 0.1) is 12.8 Å². The first-order valence-electron chi connectivity index (χ1n) is 5.45. The van der Waals surface area contributed by atoms with E-state index in [-0.39, 0.29) is 5.56 Å². The Hall–Kier alpha value is -0.570. The highest BCUT2D eigenvalue weighted by molar-refractivity contribution is 9.10. The molecule has 0 aliphatic heterocycles. The van der Waals surface area contributed by atoms with E-state index in [0.717, 1.165) is 29.4 Å². The third kappa shape index (κ3) is 3.20. The third-order valence-electron chi connectivity index (χ3n) is 2.84. The summed E-state index contributed by atoms with van der Waals surface area (Å²) in [5.41, 5.74) is 0.931. The molecule has 0 bridgehead atoms. The van der Waals surface area contributed by atoms with Crippen molar-refractivity contribution in [3.63, 3.8) is 0 Å². The Kier molecular flexibility index (Phi) is 4.58. The minimum absolute atomic E-state index is 0.130. The second-order valence-corrected chi connectivity index (χ2v) is 4.90. The van der Waals surface area contributed by atoms with Crippen LogP contribution in [0.25, 0.3) is 0 Å². The van der Waals surface area contributed by atoms with E-state index < -0.39 is 0 Å². The summed E-state index contributed by atoms with van der Waals surface area (Å²) in [6.07, 6.45) is 4.12. The Morgan fingerprint density at radius 2 is 2.00 bits per heavy atom. The molecule has 0 spiro atoms. The third-order valence-corrected chi connectivity index (χ3v) is 3.28. The molecule has 0 radical (unpaired) electrons. The van der Waals surface area contributed by atoms with E-state index in [1.807, 2.05) is 23.8 Å². The molecule has 0 amide bonds. The van der Waals surface area contributed by atoms with Gasteiger partial charge in [-0.25, -0.2) is 0 Å². The van der Waals surface area contributed by atoms with E-state index in [0.29, 0.717) is 5.92 Å². The largest absolute Gasteiger partial charge is 0.314 e. The van der Waals surface area contributed by atoms with Gasteiger partial charge in [0.25, 0.3) is 5.56 Å². The standard InChI is InChI=1S/C12H18BrNO/c1-4-10(5-2)7-14-8-11(13)6-9(3)12(14)15/h6,8,10H,4-5,7H2,1-3H3. The van der Waals surface area contributed by atoms with Crippen LogP contribution in [0.4, 0.5) is 0 Å². The Morgan fingerprint density at radius 3 is 2.53 bits per heavy atom. The zero-order valence-electron chi connectivity index (χ0n) is 9.59. The van der Waals surface area contributed by atoms with E-state index in [2.05, 4.69) is 29.8 Å². The van der Waals surface area contributed by atoms with Gasteiger partial charge in [0.05, 0.1) is 0 Å². The minimum atomic E-state index is 0.130. The van der Waals surface area contributed by atoms with Gasteiger partial charge in [0, 0.05) is 22.8 Å². The van der Waals surface area contributed by atoms with E-state index in [1.165, 1.54) is 0 Å². The highest BCUT2D eigenvalue weighted by Gasteiger charge is 2.07. The van der Waals surface area contributed by atoms with Crippen LogP contribution in [-0.4, -0.2) is 4.57 Å². The minimum Gasteiger partial charge on any atom is -0.314 e. The predicted octanol–water partition coefficient (Wildman–Crippen LogP) is 3.36. The average molecular weight is 272 g/mol. The van der Waals surface area contributed by atoms with Crippen molar-refractivity contribution in [1.82, 2.24) is 4.57 Å². The van der Waals surface area contributed by atoms with Crippen molar-refractivity contribution in [2.75, 3.05) is 0 Å². The molecule has 1 aromatic heterocycles. The van der Waals surface area contributed by atoms with Crippen LogP contribution in [0.2, 0.25) is 0 Å². The van der Waals surface area contributed by atoms with Crippen LogP contribution in [0.5, 0.6) is 0 Å². The van der Waals surface area contributed by atoms with Gasteiger partial charge in [-0.15, -0.1) is 0 Å². The van der Waals surface area contributed by atoms with Crippen LogP contribution in [0.1, 0.15) is 32.3 Å². The predicted molar refractivity (Wildman–Crippen MR) is 67.2 cm³/mol. The van der Waals surface area contributed by atoms with E-state index >= 15 is 0 Å². The molecule has 0 aromatic carbocycles. The van der Waals surface area contributed by atoms with Crippen molar-refractivity contribution in [3.8, 4) is 0 Å². The zero-order valence-corrected chi connectivity index (χ0v) is 11.2. The van der Waals surface area contributed by atoms with Crippen molar-refractivity contribution in [3.05, 3.63) is 32.7 Å². The fourth-order valence-electron chi connectivity index (χ4n) is 1.70. The summed E-state index contributed by atoms with van der Waals surface area (Å²) in [6, 6.07) is 1.87. The van der Waals surface area contributed by atoms with Crippen molar-refractivity contribution >= 4 is 15.9 Å². The van der Waals surface area contributed by atoms with Gasteiger partial charge in [0.2, 0.25) is 0 Å². The summed E-state index contributed by atoms with van der Waals surface area (Å²) in [6.45, 7) is 7.02. The quantitative estimate of drug-likeness (QED) is 0.823. The molecular weight excluding hydrogens is 254 g/mol. The summed E-state index contributed by atoms with van der Waals surface area (Å²) in [4.78, 5) is 11.8. The SMILES string of the molecule is CCC(CC)Cn1cc(Br)cc(C)c1=O. The summed E-state index contributed by atoms with van der Waals surface area (Å²) < 4.78 is 2.79. The van der Waals surface area contributed by atoms with E-state index in [4.69, 9.17) is 0 Å². The Labute approximate surface area is 99.4 Å². The number of hydrogen-bond acceptors (Lipinski definition) is 1. The lowest BCUT2D eigenvalue weighted by molar-refractivity contribution is 0.411. The molecule has 0 aliphatic carbocycles. The number of rotatable bonds is 4. The molecule has 0 fully saturated rings. The maximum Gasteiger partial charge on any atom is 0.253 e. The van der Waals surface area contributed by atoms with Gasteiger partial charge < -0.3 is 4.57 Å². The second kappa shape index (κ2) is 5.50. The van der Waals surface area contributed by atoms with Crippen molar-refractivity contribution in [2.24, 2.45) is 5.92 Å². The van der Waals surface area contributed by atoms with Gasteiger partial charge in [-0.1, -0.05) is 26.7 Å². The molecule has 0 saturated heterocycles. The van der Waals surface area contributed by atoms with Crippen molar-refractivity contribution in [2.45, 2.75) is 40.2 Å². The molecule has 0 N–H and O–H groups in total. The lowest BCUT2D eigenvalue weighted by Gasteiger charge is -2.15. The Bertz CT molecular complexity index is 380. The lowest BCUT2D eigenvalue weighted by Crippen LogP contribution is -2.25. The molecule has 1 heterocycles. The highest BCUT2D eigenvalue weighted by atomic mass is 79.9. The molecule has 0 saturated carbocycles. The first-order chi connectivity index (χ1) is 7.08. The second-order valence-electron chi connectivity index (χ2n) is 3.98. The smallest absolute Gasteiger partial charge is 0.253 e. The summed E-state index contributed by atoms with van der Waals surface area (Å²) in [5, 5.41) is 0. The molecule has 0 atom stereocenters. The van der Waals surface area contributed by atoms with Gasteiger partial charge in [0.1, 0.15) is 0 Å². The van der Waals surface area contributed by atoms with Crippen LogP contribution in [-0.2, 0) is 6.54 Å². The Morgan fingerprint density at radius 1 is 1.40 bits per heavy atom. The van der Waals surface area contributed by atoms with Gasteiger partial charge in [-0.2, -0.15) is 0 Å². The van der Waals surface area contributed by atoms with Gasteiger partial charge in [-0.3, -0.25) is 4.79 Å². The first kappa shape index (κ1) is 12.5. The number of aryl methyl sites for hydroxylation is 1. The Balaban J connectivity index is 2.99. The maximum absolute atomic E-state index is 11.8. The number of pyridine rings is 1. The fourth-order valence-corrected chi connectivity index (χ4v) is 2.29. The molecule has 0 aliphatic rings. The fraction of sp³-hybridized carbons (Fsp3) is 0.583. The summed E-state index contributed by atoms with van der Waals surface area (Å²) >= 11 is 3.42. The van der Waals surface area contributed by atoms with Gasteiger partial charge >= 0.3 is 0 Å².